The molecule has 1 aromatic rings. The summed E-state index contributed by atoms with van der Waals surface area (Å²) in [6, 6.07) is 8.00. The Morgan fingerprint density at radius 1 is 1.18 bits per heavy atom. The SMILES string of the molecule is CCc1ccc(C(O)C(C)OCCOC)cc1. The van der Waals surface area contributed by atoms with Gasteiger partial charge in [0.15, 0.2) is 0 Å². The highest BCUT2D eigenvalue weighted by Gasteiger charge is 2.16. The van der Waals surface area contributed by atoms with E-state index in [1.54, 1.807) is 7.11 Å². The van der Waals surface area contributed by atoms with Gasteiger partial charge in [-0.15, -0.1) is 0 Å². The molecule has 0 saturated carbocycles. The summed E-state index contributed by atoms with van der Waals surface area (Å²) in [7, 11) is 1.63. The van der Waals surface area contributed by atoms with Crippen molar-refractivity contribution in [3.05, 3.63) is 35.4 Å². The van der Waals surface area contributed by atoms with Gasteiger partial charge in [0.1, 0.15) is 6.10 Å². The first kappa shape index (κ1) is 14.2. The maximum Gasteiger partial charge on any atom is 0.105 e. The molecule has 0 saturated heterocycles. The topological polar surface area (TPSA) is 38.7 Å². The third-order valence-corrected chi connectivity index (χ3v) is 2.84. The van der Waals surface area contributed by atoms with Crippen molar-refractivity contribution in [2.45, 2.75) is 32.5 Å². The molecule has 17 heavy (non-hydrogen) atoms. The van der Waals surface area contributed by atoms with Crippen LogP contribution in [-0.2, 0) is 15.9 Å². The number of methoxy groups -OCH3 is 1. The molecule has 0 aliphatic carbocycles. The van der Waals surface area contributed by atoms with E-state index in [-0.39, 0.29) is 6.10 Å². The summed E-state index contributed by atoms with van der Waals surface area (Å²) in [5, 5.41) is 10.1. The lowest BCUT2D eigenvalue weighted by atomic mass is 10.0. The maximum absolute atomic E-state index is 10.1. The molecular weight excluding hydrogens is 216 g/mol. The van der Waals surface area contributed by atoms with Crippen molar-refractivity contribution in [2.24, 2.45) is 0 Å². The quantitative estimate of drug-likeness (QED) is 0.741. The zero-order valence-electron chi connectivity index (χ0n) is 10.8. The molecule has 96 valence electrons. The van der Waals surface area contributed by atoms with Gasteiger partial charge in [-0.05, 0) is 24.5 Å². The second-order valence-corrected chi connectivity index (χ2v) is 4.11. The number of aliphatic hydroxyl groups is 1. The highest BCUT2D eigenvalue weighted by molar-refractivity contribution is 5.24. The minimum Gasteiger partial charge on any atom is -0.386 e. The van der Waals surface area contributed by atoms with Crippen LogP contribution in [0.25, 0.3) is 0 Å². The minimum absolute atomic E-state index is 0.224. The molecule has 0 bridgehead atoms. The lowest BCUT2D eigenvalue weighted by Crippen LogP contribution is -2.20. The van der Waals surface area contributed by atoms with E-state index < -0.39 is 6.10 Å². The van der Waals surface area contributed by atoms with E-state index in [9.17, 15) is 5.11 Å². The minimum atomic E-state index is -0.585. The number of benzene rings is 1. The molecule has 0 radical (unpaired) electrons. The molecule has 0 aliphatic rings. The number of aliphatic hydroxyl groups excluding tert-OH is 1. The first-order valence-electron chi connectivity index (χ1n) is 6.06. The molecule has 1 aromatic carbocycles. The standard InChI is InChI=1S/C14H22O3/c1-4-12-5-7-13(8-6-12)14(15)11(2)17-10-9-16-3/h5-8,11,14-15H,4,9-10H2,1-3H3. The number of aryl methyl sites for hydroxylation is 1. The molecule has 0 aliphatic heterocycles. The predicted molar refractivity (Wildman–Crippen MR) is 68.1 cm³/mol. The molecule has 0 spiro atoms. The maximum atomic E-state index is 10.1. The fourth-order valence-electron chi connectivity index (χ4n) is 1.63. The van der Waals surface area contributed by atoms with Crippen LogP contribution in [0.15, 0.2) is 24.3 Å². The Hall–Kier alpha value is -0.900. The van der Waals surface area contributed by atoms with Crippen LogP contribution in [-0.4, -0.2) is 31.5 Å². The molecule has 0 amide bonds. The largest absolute Gasteiger partial charge is 0.386 e. The molecule has 2 atom stereocenters. The lowest BCUT2D eigenvalue weighted by molar-refractivity contribution is -0.0432. The summed E-state index contributed by atoms with van der Waals surface area (Å²) in [5.74, 6) is 0. The summed E-state index contributed by atoms with van der Waals surface area (Å²) in [5.41, 5.74) is 2.17. The van der Waals surface area contributed by atoms with Gasteiger partial charge in [0.2, 0.25) is 0 Å². The van der Waals surface area contributed by atoms with Crippen molar-refractivity contribution in [1.82, 2.24) is 0 Å². The molecule has 3 nitrogen and oxygen atoms in total. The van der Waals surface area contributed by atoms with Gasteiger partial charge in [-0.3, -0.25) is 0 Å². The summed E-state index contributed by atoms with van der Waals surface area (Å²) < 4.78 is 10.4. The summed E-state index contributed by atoms with van der Waals surface area (Å²) in [6.45, 7) is 5.03. The van der Waals surface area contributed by atoms with E-state index in [0.717, 1.165) is 12.0 Å². The third-order valence-electron chi connectivity index (χ3n) is 2.84. The monoisotopic (exact) mass is 238 g/mol. The average molecular weight is 238 g/mol. The molecule has 0 heterocycles. The van der Waals surface area contributed by atoms with E-state index in [4.69, 9.17) is 9.47 Å². The first-order chi connectivity index (χ1) is 8.19. The lowest BCUT2D eigenvalue weighted by Gasteiger charge is -2.20. The second-order valence-electron chi connectivity index (χ2n) is 4.11. The van der Waals surface area contributed by atoms with Crippen molar-refractivity contribution in [3.8, 4) is 0 Å². The first-order valence-corrected chi connectivity index (χ1v) is 6.06. The van der Waals surface area contributed by atoms with Crippen LogP contribution in [0.5, 0.6) is 0 Å². The van der Waals surface area contributed by atoms with Crippen LogP contribution >= 0.6 is 0 Å². The molecule has 1 N–H and O–H groups in total. The number of rotatable bonds is 7. The smallest absolute Gasteiger partial charge is 0.105 e. The van der Waals surface area contributed by atoms with Gasteiger partial charge in [0, 0.05) is 7.11 Å². The van der Waals surface area contributed by atoms with E-state index in [0.29, 0.717) is 13.2 Å². The normalized spacial score (nSPS) is 14.6. The van der Waals surface area contributed by atoms with Gasteiger partial charge in [0.05, 0.1) is 19.3 Å². The Labute approximate surface area is 103 Å². The molecule has 1 rings (SSSR count). The second kappa shape index (κ2) is 7.43. The summed E-state index contributed by atoms with van der Waals surface area (Å²) in [4.78, 5) is 0. The molecule has 0 aromatic heterocycles. The molecular formula is C14H22O3. The van der Waals surface area contributed by atoms with Crippen molar-refractivity contribution >= 4 is 0 Å². The third kappa shape index (κ3) is 4.46. The zero-order chi connectivity index (χ0) is 12.7. The van der Waals surface area contributed by atoms with E-state index in [1.165, 1.54) is 5.56 Å². The van der Waals surface area contributed by atoms with Crippen molar-refractivity contribution < 1.29 is 14.6 Å². The van der Waals surface area contributed by atoms with Crippen molar-refractivity contribution in [3.63, 3.8) is 0 Å². The van der Waals surface area contributed by atoms with Gasteiger partial charge >= 0.3 is 0 Å². The zero-order valence-corrected chi connectivity index (χ0v) is 10.8. The summed E-state index contributed by atoms with van der Waals surface area (Å²) in [6.07, 6.45) is 0.200. The average Bonchev–Trinajstić information content (AvgIpc) is 2.38. The van der Waals surface area contributed by atoms with Crippen LogP contribution in [0.1, 0.15) is 31.1 Å². The van der Waals surface area contributed by atoms with E-state index >= 15 is 0 Å². The highest BCUT2D eigenvalue weighted by atomic mass is 16.5. The van der Waals surface area contributed by atoms with Gasteiger partial charge in [-0.25, -0.2) is 0 Å². The van der Waals surface area contributed by atoms with Gasteiger partial charge in [-0.1, -0.05) is 31.2 Å². The molecule has 0 fully saturated rings. The Bertz CT molecular complexity index is 308. The predicted octanol–water partition coefficient (Wildman–Crippen LogP) is 2.33. The van der Waals surface area contributed by atoms with Crippen molar-refractivity contribution in [2.75, 3.05) is 20.3 Å². The van der Waals surface area contributed by atoms with Gasteiger partial charge in [0.25, 0.3) is 0 Å². The fraction of sp³-hybridized carbons (Fsp3) is 0.571. The van der Waals surface area contributed by atoms with E-state index in [2.05, 4.69) is 6.92 Å². The Balaban J connectivity index is 2.52. The van der Waals surface area contributed by atoms with Crippen LogP contribution in [0.3, 0.4) is 0 Å². The molecule has 3 heteroatoms. The summed E-state index contributed by atoms with van der Waals surface area (Å²) >= 11 is 0. The Morgan fingerprint density at radius 2 is 1.82 bits per heavy atom. The highest BCUT2D eigenvalue weighted by Crippen LogP contribution is 2.19. The van der Waals surface area contributed by atoms with Crippen LogP contribution in [0, 0.1) is 0 Å². The molecule has 2 unspecified atom stereocenters. The fourth-order valence-corrected chi connectivity index (χ4v) is 1.63. The van der Waals surface area contributed by atoms with Gasteiger partial charge in [-0.2, -0.15) is 0 Å². The number of ether oxygens (including phenoxy) is 2. The van der Waals surface area contributed by atoms with Crippen molar-refractivity contribution in [1.29, 1.82) is 0 Å². The van der Waals surface area contributed by atoms with Gasteiger partial charge < -0.3 is 14.6 Å². The van der Waals surface area contributed by atoms with E-state index in [1.807, 2.05) is 31.2 Å². The van der Waals surface area contributed by atoms with Crippen LogP contribution < -0.4 is 0 Å². The number of hydrogen-bond acceptors (Lipinski definition) is 3. The number of hydrogen-bond donors (Lipinski definition) is 1. The Kier molecular flexibility index (Phi) is 6.19. The van der Waals surface area contributed by atoms with Crippen LogP contribution in [0.4, 0.5) is 0 Å². The van der Waals surface area contributed by atoms with Crippen LogP contribution in [0.2, 0.25) is 0 Å². The Morgan fingerprint density at radius 3 is 2.35 bits per heavy atom.